The summed E-state index contributed by atoms with van der Waals surface area (Å²) in [6.45, 7) is 0. The molecule has 6 heteroatoms. The van der Waals surface area contributed by atoms with Crippen molar-refractivity contribution < 1.29 is 9.21 Å². The summed E-state index contributed by atoms with van der Waals surface area (Å²) in [5.74, 6) is -0.0165. The van der Waals surface area contributed by atoms with Gasteiger partial charge in [0.1, 0.15) is 0 Å². The van der Waals surface area contributed by atoms with Crippen LogP contribution in [0.15, 0.2) is 44.4 Å². The van der Waals surface area contributed by atoms with Gasteiger partial charge in [0.05, 0.1) is 15.5 Å². The van der Waals surface area contributed by atoms with E-state index in [1.165, 1.54) is 23.7 Å². The number of thiophene rings is 1. The number of carbonyl (C=O) groups is 1. The van der Waals surface area contributed by atoms with Crippen molar-refractivity contribution in [2.24, 2.45) is 0 Å². The number of furan rings is 1. The minimum atomic E-state index is -0.269. The van der Waals surface area contributed by atoms with E-state index in [9.17, 15) is 9.59 Å². The minimum Gasteiger partial charge on any atom is -0.461 e. The van der Waals surface area contributed by atoms with Gasteiger partial charge in [-0.3, -0.25) is 9.59 Å². The molecule has 0 aliphatic heterocycles. The summed E-state index contributed by atoms with van der Waals surface area (Å²) in [5.41, 5.74) is 0.783. The molecule has 4 nitrogen and oxygen atoms in total. The van der Waals surface area contributed by atoms with Crippen LogP contribution in [0.3, 0.4) is 0 Å². The number of thiazole rings is 1. The van der Waals surface area contributed by atoms with Crippen LogP contribution in [-0.4, -0.2) is 10.8 Å². The van der Waals surface area contributed by atoms with Crippen molar-refractivity contribution in [3.63, 3.8) is 0 Å². The van der Waals surface area contributed by atoms with Crippen LogP contribution < -0.4 is 14.8 Å². The number of aromatic nitrogens is 1. The molecule has 0 radical (unpaired) electrons. The normalized spacial score (nSPS) is 13.0. The summed E-state index contributed by atoms with van der Waals surface area (Å²) >= 11 is 2.81. The molecule has 3 rings (SSSR count). The second kappa shape index (κ2) is 5.44. The highest BCUT2D eigenvalue weighted by atomic mass is 32.1. The molecule has 3 aromatic heterocycles. The van der Waals surface area contributed by atoms with Gasteiger partial charge in [-0.15, -0.1) is 11.3 Å². The number of rotatable bonds is 3. The van der Waals surface area contributed by atoms with Gasteiger partial charge in [-0.25, -0.2) is 0 Å². The maximum atomic E-state index is 11.8. The second-order valence-corrected chi connectivity index (χ2v) is 5.84. The number of Topliss-reactive ketones (excluding diaryl/α,β-unsaturated/α-hetero) is 1. The van der Waals surface area contributed by atoms with Gasteiger partial charge in [0, 0.05) is 6.08 Å². The first kappa shape index (κ1) is 12.8. The van der Waals surface area contributed by atoms with E-state index in [1.807, 2.05) is 16.8 Å². The number of hydrogen-bond acceptors (Lipinski definition) is 5. The lowest BCUT2D eigenvalue weighted by atomic mass is 10.3. The van der Waals surface area contributed by atoms with Crippen molar-refractivity contribution in [1.82, 2.24) is 4.98 Å². The molecule has 0 aliphatic carbocycles. The largest absolute Gasteiger partial charge is 0.461 e. The summed E-state index contributed by atoms with van der Waals surface area (Å²) in [4.78, 5) is 26.3. The third-order valence-corrected chi connectivity index (χ3v) is 4.21. The van der Waals surface area contributed by atoms with Gasteiger partial charge < -0.3 is 9.40 Å². The minimum absolute atomic E-state index is 0.195. The van der Waals surface area contributed by atoms with E-state index in [0.29, 0.717) is 9.20 Å². The lowest BCUT2D eigenvalue weighted by Gasteiger charge is -1.84. The summed E-state index contributed by atoms with van der Waals surface area (Å²) in [6.07, 6.45) is 4.61. The van der Waals surface area contributed by atoms with Gasteiger partial charge in [-0.1, -0.05) is 0 Å². The summed E-state index contributed by atoms with van der Waals surface area (Å²) in [6, 6.07) is 5.16. The Balaban J connectivity index is 2.01. The van der Waals surface area contributed by atoms with Crippen LogP contribution in [0.25, 0.3) is 12.2 Å². The number of ketones is 1. The van der Waals surface area contributed by atoms with Crippen molar-refractivity contribution in [2.45, 2.75) is 0 Å². The predicted molar refractivity (Wildman–Crippen MR) is 79.6 cm³/mol. The first-order valence-corrected chi connectivity index (χ1v) is 7.51. The lowest BCUT2D eigenvalue weighted by molar-refractivity contribution is 0.103. The molecule has 0 saturated carbocycles. The van der Waals surface area contributed by atoms with E-state index in [0.717, 1.165) is 5.56 Å². The summed E-state index contributed by atoms with van der Waals surface area (Å²) < 4.78 is 6.10. The molecule has 0 unspecified atom stereocenters. The maximum Gasteiger partial charge on any atom is 0.266 e. The number of carbonyl (C=O) groups excluding carboxylic acids is 1. The number of aromatic amines is 1. The van der Waals surface area contributed by atoms with Crippen molar-refractivity contribution in [3.8, 4) is 0 Å². The molecule has 100 valence electrons. The Morgan fingerprint density at radius 3 is 2.95 bits per heavy atom. The summed E-state index contributed by atoms with van der Waals surface area (Å²) in [7, 11) is 0. The zero-order valence-electron chi connectivity index (χ0n) is 10.2. The highest BCUT2D eigenvalue weighted by Gasteiger charge is 2.05. The number of hydrogen-bond donors (Lipinski definition) is 1. The molecule has 0 fully saturated rings. The highest BCUT2D eigenvalue weighted by molar-refractivity contribution is 7.08. The SMILES string of the molecule is O=C(/C=c1\[nH]c(=O)/c(=C\c2ccsc2)s1)c1ccco1. The Morgan fingerprint density at radius 2 is 2.25 bits per heavy atom. The van der Waals surface area contributed by atoms with Gasteiger partial charge in [-0.2, -0.15) is 11.3 Å². The number of H-pyrrole nitrogens is 1. The van der Waals surface area contributed by atoms with Crippen LogP contribution in [0.1, 0.15) is 16.1 Å². The van der Waals surface area contributed by atoms with Crippen LogP contribution in [0.5, 0.6) is 0 Å². The van der Waals surface area contributed by atoms with E-state index < -0.39 is 0 Å². The zero-order valence-corrected chi connectivity index (χ0v) is 11.8. The maximum absolute atomic E-state index is 11.8. The molecule has 0 spiro atoms. The Labute approximate surface area is 121 Å². The lowest BCUT2D eigenvalue weighted by Crippen LogP contribution is -2.19. The molecule has 0 atom stereocenters. The third-order valence-electron chi connectivity index (χ3n) is 2.55. The van der Waals surface area contributed by atoms with Crippen LogP contribution in [-0.2, 0) is 0 Å². The predicted octanol–water partition coefficient (Wildman–Crippen LogP) is 1.58. The van der Waals surface area contributed by atoms with Crippen LogP contribution in [0.4, 0.5) is 0 Å². The van der Waals surface area contributed by atoms with Gasteiger partial charge in [0.15, 0.2) is 5.76 Å². The van der Waals surface area contributed by atoms with E-state index in [1.54, 1.807) is 29.5 Å². The molecule has 0 amide bonds. The van der Waals surface area contributed by atoms with E-state index in [4.69, 9.17) is 4.42 Å². The van der Waals surface area contributed by atoms with Crippen molar-refractivity contribution >= 4 is 40.6 Å². The molecule has 0 aromatic carbocycles. The Hall–Kier alpha value is -2.18. The highest BCUT2D eigenvalue weighted by Crippen LogP contribution is 2.05. The fourth-order valence-electron chi connectivity index (χ4n) is 1.64. The number of nitrogens with one attached hydrogen (secondary N) is 1. The monoisotopic (exact) mass is 303 g/mol. The third kappa shape index (κ3) is 2.71. The fraction of sp³-hybridized carbons (Fsp3) is 0. The van der Waals surface area contributed by atoms with Crippen molar-refractivity contribution in [1.29, 1.82) is 0 Å². The molecule has 0 bridgehead atoms. The average Bonchev–Trinajstić information content (AvgIpc) is 3.14. The summed E-state index contributed by atoms with van der Waals surface area (Å²) in [5, 5.41) is 3.90. The molecule has 0 saturated heterocycles. The quantitative estimate of drug-likeness (QED) is 0.747. The molecule has 1 N–H and O–H groups in total. The van der Waals surface area contributed by atoms with Crippen LogP contribution in [0, 0.1) is 0 Å². The first-order chi connectivity index (χ1) is 9.72. The topological polar surface area (TPSA) is 63.1 Å². The standard InChI is InChI=1S/C14H9NO3S2/c16-10(11-2-1-4-18-11)7-13-15-14(17)12(20-13)6-9-3-5-19-8-9/h1-8H,(H,15,17)/b12-6+,13-7+. The second-order valence-electron chi connectivity index (χ2n) is 3.97. The van der Waals surface area contributed by atoms with E-state index in [-0.39, 0.29) is 17.1 Å². The molecule has 20 heavy (non-hydrogen) atoms. The molecule has 0 aliphatic rings. The van der Waals surface area contributed by atoms with Gasteiger partial charge in [0.2, 0.25) is 5.78 Å². The average molecular weight is 303 g/mol. The first-order valence-electron chi connectivity index (χ1n) is 5.75. The zero-order chi connectivity index (χ0) is 13.9. The Morgan fingerprint density at radius 1 is 1.35 bits per heavy atom. The smallest absolute Gasteiger partial charge is 0.266 e. The van der Waals surface area contributed by atoms with Crippen LogP contribution >= 0.6 is 22.7 Å². The Kier molecular flexibility index (Phi) is 3.49. The van der Waals surface area contributed by atoms with Gasteiger partial charge in [-0.05, 0) is 40.6 Å². The van der Waals surface area contributed by atoms with E-state index >= 15 is 0 Å². The van der Waals surface area contributed by atoms with Crippen molar-refractivity contribution in [3.05, 3.63) is 66.1 Å². The molecular weight excluding hydrogens is 294 g/mol. The van der Waals surface area contributed by atoms with Gasteiger partial charge >= 0.3 is 0 Å². The van der Waals surface area contributed by atoms with Gasteiger partial charge in [0.25, 0.3) is 5.56 Å². The molecule has 3 aromatic rings. The fourth-order valence-corrected chi connectivity index (χ4v) is 3.15. The van der Waals surface area contributed by atoms with E-state index in [2.05, 4.69) is 4.98 Å². The Bertz CT molecular complexity index is 883. The molecule has 3 heterocycles. The van der Waals surface area contributed by atoms with Crippen molar-refractivity contribution in [2.75, 3.05) is 0 Å². The molecular formula is C14H9NO3S2. The van der Waals surface area contributed by atoms with Crippen LogP contribution in [0.2, 0.25) is 0 Å².